The van der Waals surface area contributed by atoms with E-state index in [9.17, 15) is 0 Å². The molecule has 0 aliphatic heterocycles. The van der Waals surface area contributed by atoms with Crippen LogP contribution < -0.4 is 0 Å². The highest BCUT2D eigenvalue weighted by Gasteiger charge is 1.88. The summed E-state index contributed by atoms with van der Waals surface area (Å²) in [7, 11) is 0. The minimum atomic E-state index is 0.664. The monoisotopic (exact) mass is 139 g/mol. The van der Waals surface area contributed by atoms with Gasteiger partial charge in [0.25, 0.3) is 0 Å². The third-order valence-electron chi connectivity index (χ3n) is 1.64. The lowest BCUT2D eigenvalue weighted by Gasteiger charge is -1.98. The van der Waals surface area contributed by atoms with E-state index in [0.29, 0.717) is 5.92 Å². The number of allylic oxidation sites excluding steroid dienone is 2. The van der Waals surface area contributed by atoms with Crippen LogP contribution in [0.25, 0.3) is 0 Å². The molecule has 0 aromatic rings. The van der Waals surface area contributed by atoms with Gasteiger partial charge in [-0.25, -0.2) is 0 Å². The van der Waals surface area contributed by atoms with E-state index in [1.807, 2.05) is 0 Å². The summed E-state index contributed by atoms with van der Waals surface area (Å²) in [5.74, 6) is 0.664. The van der Waals surface area contributed by atoms with Crippen LogP contribution in [0.2, 0.25) is 0 Å². The fraction of sp³-hybridized carbons (Fsp3) is 0.700. The molecule has 0 fully saturated rings. The quantitative estimate of drug-likeness (QED) is 0.403. The van der Waals surface area contributed by atoms with Crippen molar-refractivity contribution >= 4 is 0 Å². The van der Waals surface area contributed by atoms with Crippen LogP contribution in [0.15, 0.2) is 12.2 Å². The third-order valence-corrected chi connectivity index (χ3v) is 1.64. The zero-order valence-electron chi connectivity index (χ0n) is 7.27. The molecule has 0 aliphatic carbocycles. The first-order valence-electron chi connectivity index (χ1n) is 4.27. The molecule has 0 heterocycles. The molecular formula is C10H19. The summed E-state index contributed by atoms with van der Waals surface area (Å²) >= 11 is 0. The SMILES string of the molecule is [CH2]CC(C)/C=C/CCCC. The highest BCUT2D eigenvalue weighted by molar-refractivity contribution is 4.86. The van der Waals surface area contributed by atoms with Crippen LogP contribution in [-0.2, 0) is 0 Å². The number of unbranched alkanes of at least 4 members (excludes halogenated alkanes) is 2. The molecule has 0 rings (SSSR count). The van der Waals surface area contributed by atoms with Gasteiger partial charge in [0.1, 0.15) is 0 Å². The van der Waals surface area contributed by atoms with Crippen LogP contribution in [0.5, 0.6) is 0 Å². The van der Waals surface area contributed by atoms with Gasteiger partial charge in [-0.05, 0) is 18.8 Å². The summed E-state index contributed by atoms with van der Waals surface area (Å²) in [4.78, 5) is 0. The normalized spacial score (nSPS) is 14.3. The Bertz CT molecular complexity index is 82.0. The maximum Gasteiger partial charge on any atom is -0.0262 e. The largest absolute Gasteiger partial charge is 0.0883 e. The molecule has 1 unspecified atom stereocenters. The highest BCUT2D eigenvalue weighted by Crippen LogP contribution is 2.03. The molecule has 0 nitrogen and oxygen atoms in total. The molecule has 0 amide bonds. The molecular weight excluding hydrogens is 120 g/mol. The molecule has 0 heteroatoms. The van der Waals surface area contributed by atoms with E-state index in [2.05, 4.69) is 32.9 Å². The predicted octanol–water partition coefficient (Wildman–Crippen LogP) is 3.59. The van der Waals surface area contributed by atoms with Gasteiger partial charge < -0.3 is 0 Å². The van der Waals surface area contributed by atoms with Gasteiger partial charge >= 0.3 is 0 Å². The Hall–Kier alpha value is -0.260. The molecule has 0 aromatic heterocycles. The first-order valence-corrected chi connectivity index (χ1v) is 4.27. The van der Waals surface area contributed by atoms with Crippen molar-refractivity contribution in [3.8, 4) is 0 Å². The Morgan fingerprint density at radius 1 is 1.50 bits per heavy atom. The first-order chi connectivity index (χ1) is 4.81. The van der Waals surface area contributed by atoms with Gasteiger partial charge in [0.2, 0.25) is 0 Å². The fourth-order valence-electron chi connectivity index (χ4n) is 0.747. The lowest BCUT2D eigenvalue weighted by Crippen LogP contribution is -1.83. The van der Waals surface area contributed by atoms with Crippen LogP contribution in [0.4, 0.5) is 0 Å². The Labute approximate surface area is 65.3 Å². The van der Waals surface area contributed by atoms with E-state index in [4.69, 9.17) is 0 Å². The minimum Gasteiger partial charge on any atom is -0.0883 e. The lowest BCUT2D eigenvalue weighted by molar-refractivity contribution is 0.730. The Morgan fingerprint density at radius 3 is 2.70 bits per heavy atom. The third kappa shape index (κ3) is 5.87. The van der Waals surface area contributed by atoms with Crippen LogP contribution in [0.1, 0.15) is 39.5 Å². The molecule has 0 aliphatic rings. The van der Waals surface area contributed by atoms with Crippen molar-refractivity contribution in [2.45, 2.75) is 39.5 Å². The Morgan fingerprint density at radius 2 is 2.20 bits per heavy atom. The molecule has 1 radical (unpaired) electrons. The summed E-state index contributed by atoms with van der Waals surface area (Å²) in [5, 5.41) is 0. The van der Waals surface area contributed by atoms with Gasteiger partial charge in [0, 0.05) is 0 Å². The lowest BCUT2D eigenvalue weighted by atomic mass is 10.1. The zero-order valence-corrected chi connectivity index (χ0v) is 7.27. The maximum atomic E-state index is 3.83. The summed E-state index contributed by atoms with van der Waals surface area (Å²) in [5.41, 5.74) is 0. The summed E-state index contributed by atoms with van der Waals surface area (Å²) < 4.78 is 0. The molecule has 0 N–H and O–H groups in total. The predicted molar refractivity (Wildman–Crippen MR) is 47.8 cm³/mol. The average Bonchev–Trinajstić information content (AvgIpc) is 1.98. The smallest absolute Gasteiger partial charge is 0.0262 e. The van der Waals surface area contributed by atoms with Crippen LogP contribution >= 0.6 is 0 Å². The van der Waals surface area contributed by atoms with Gasteiger partial charge in [-0.15, -0.1) is 0 Å². The number of hydrogen-bond donors (Lipinski definition) is 0. The van der Waals surface area contributed by atoms with E-state index in [1.54, 1.807) is 0 Å². The maximum absolute atomic E-state index is 3.83. The second kappa shape index (κ2) is 6.85. The summed E-state index contributed by atoms with van der Waals surface area (Å²) in [6, 6.07) is 0. The molecule has 0 saturated heterocycles. The van der Waals surface area contributed by atoms with E-state index in [-0.39, 0.29) is 0 Å². The van der Waals surface area contributed by atoms with E-state index in [1.165, 1.54) is 19.3 Å². The van der Waals surface area contributed by atoms with Gasteiger partial charge in [0.15, 0.2) is 0 Å². The number of hydrogen-bond acceptors (Lipinski definition) is 0. The summed E-state index contributed by atoms with van der Waals surface area (Å²) in [6.07, 6.45) is 9.41. The molecule has 59 valence electrons. The van der Waals surface area contributed by atoms with Crippen molar-refractivity contribution in [2.75, 3.05) is 0 Å². The molecule has 0 aromatic carbocycles. The molecule has 10 heavy (non-hydrogen) atoms. The zero-order chi connectivity index (χ0) is 7.82. The molecule has 0 saturated carbocycles. The van der Waals surface area contributed by atoms with Gasteiger partial charge in [0.05, 0.1) is 0 Å². The highest BCUT2D eigenvalue weighted by atomic mass is 13.9. The van der Waals surface area contributed by atoms with Crippen LogP contribution in [0, 0.1) is 12.8 Å². The average molecular weight is 139 g/mol. The molecule has 1 atom stereocenters. The van der Waals surface area contributed by atoms with Crippen molar-refractivity contribution in [2.24, 2.45) is 5.92 Å². The Kier molecular flexibility index (Phi) is 6.68. The first kappa shape index (κ1) is 9.74. The minimum absolute atomic E-state index is 0.664. The van der Waals surface area contributed by atoms with Crippen molar-refractivity contribution in [1.82, 2.24) is 0 Å². The van der Waals surface area contributed by atoms with Crippen molar-refractivity contribution in [3.63, 3.8) is 0 Å². The second-order valence-electron chi connectivity index (χ2n) is 2.84. The number of rotatable bonds is 5. The van der Waals surface area contributed by atoms with Gasteiger partial charge in [-0.2, -0.15) is 0 Å². The van der Waals surface area contributed by atoms with Crippen molar-refractivity contribution in [3.05, 3.63) is 19.1 Å². The second-order valence-corrected chi connectivity index (χ2v) is 2.84. The van der Waals surface area contributed by atoms with E-state index >= 15 is 0 Å². The topological polar surface area (TPSA) is 0 Å². The van der Waals surface area contributed by atoms with Crippen LogP contribution in [-0.4, -0.2) is 0 Å². The van der Waals surface area contributed by atoms with Gasteiger partial charge in [-0.1, -0.05) is 45.8 Å². The fourth-order valence-corrected chi connectivity index (χ4v) is 0.747. The molecule has 0 bridgehead atoms. The van der Waals surface area contributed by atoms with E-state index in [0.717, 1.165) is 6.42 Å². The van der Waals surface area contributed by atoms with E-state index < -0.39 is 0 Å². The standard InChI is InChI=1S/C10H19/c1-4-6-7-8-9-10(3)5-2/h8-10H,2,4-7H2,1,3H3/b9-8+. The summed E-state index contributed by atoms with van der Waals surface area (Å²) in [6.45, 7) is 8.26. The van der Waals surface area contributed by atoms with Crippen molar-refractivity contribution in [1.29, 1.82) is 0 Å². The van der Waals surface area contributed by atoms with Crippen molar-refractivity contribution < 1.29 is 0 Å². The van der Waals surface area contributed by atoms with Crippen LogP contribution in [0.3, 0.4) is 0 Å². The Balaban J connectivity index is 3.18. The molecule has 0 spiro atoms. The van der Waals surface area contributed by atoms with Gasteiger partial charge in [-0.3, -0.25) is 0 Å².